The Balaban J connectivity index is 4.54. The van der Waals surface area contributed by atoms with Crippen LogP contribution in [0.15, 0.2) is 0 Å². The predicted octanol–water partition coefficient (Wildman–Crippen LogP) is 0.626. The second kappa shape index (κ2) is 12.9. The van der Waals surface area contributed by atoms with Crippen LogP contribution in [-0.4, -0.2) is 50.6 Å². The standard InChI is InChI=1S/C14H19O7P/c1-4-7-19-13(15)11-12(14(16)20-8-5-2)21-22(17)10-9-18-6-3/h1-2,12,22H,6-11H2,3H3. The lowest BCUT2D eigenvalue weighted by molar-refractivity contribution is -0.156. The molecule has 0 aromatic rings. The molecule has 2 unspecified atom stereocenters. The quantitative estimate of drug-likeness (QED) is 0.237. The maximum Gasteiger partial charge on any atom is 0.337 e. The summed E-state index contributed by atoms with van der Waals surface area (Å²) in [6, 6.07) is 0. The van der Waals surface area contributed by atoms with Gasteiger partial charge in [0, 0.05) is 12.8 Å². The van der Waals surface area contributed by atoms with Crippen LogP contribution in [0.25, 0.3) is 0 Å². The van der Waals surface area contributed by atoms with Crippen molar-refractivity contribution in [3.05, 3.63) is 0 Å². The molecule has 0 fully saturated rings. The van der Waals surface area contributed by atoms with E-state index in [0.717, 1.165) is 0 Å². The smallest absolute Gasteiger partial charge is 0.337 e. The minimum absolute atomic E-state index is 0.122. The van der Waals surface area contributed by atoms with Gasteiger partial charge in [0.25, 0.3) is 0 Å². The summed E-state index contributed by atoms with van der Waals surface area (Å²) >= 11 is 0. The van der Waals surface area contributed by atoms with Crippen LogP contribution in [0.1, 0.15) is 13.3 Å². The van der Waals surface area contributed by atoms with E-state index in [1.807, 2.05) is 0 Å². The number of terminal acetylenes is 2. The fraction of sp³-hybridized carbons (Fsp3) is 0.571. The van der Waals surface area contributed by atoms with Gasteiger partial charge in [-0.05, 0) is 6.92 Å². The van der Waals surface area contributed by atoms with Crippen molar-refractivity contribution < 1.29 is 32.9 Å². The summed E-state index contributed by atoms with van der Waals surface area (Å²) < 4.78 is 31.2. The molecule has 0 aromatic heterocycles. The zero-order valence-electron chi connectivity index (χ0n) is 12.3. The first kappa shape index (κ1) is 20.2. The number of ether oxygens (including phenoxy) is 3. The van der Waals surface area contributed by atoms with Crippen molar-refractivity contribution in [3.8, 4) is 24.7 Å². The number of hydrogen-bond donors (Lipinski definition) is 0. The first-order valence-electron chi connectivity index (χ1n) is 6.51. The van der Waals surface area contributed by atoms with Gasteiger partial charge in [-0.15, -0.1) is 12.8 Å². The van der Waals surface area contributed by atoms with E-state index in [-0.39, 0.29) is 26.0 Å². The largest absolute Gasteiger partial charge is 0.452 e. The van der Waals surface area contributed by atoms with Gasteiger partial charge in [0.05, 0.1) is 13.0 Å². The molecule has 8 heteroatoms. The van der Waals surface area contributed by atoms with Gasteiger partial charge >= 0.3 is 11.9 Å². The van der Waals surface area contributed by atoms with Gasteiger partial charge in [0.15, 0.2) is 27.3 Å². The summed E-state index contributed by atoms with van der Waals surface area (Å²) in [5, 5.41) is 0. The van der Waals surface area contributed by atoms with Crippen LogP contribution >= 0.6 is 8.03 Å². The number of rotatable bonds is 11. The molecule has 0 radical (unpaired) electrons. The summed E-state index contributed by atoms with van der Waals surface area (Å²) in [7, 11) is -2.57. The molecule has 0 saturated carbocycles. The van der Waals surface area contributed by atoms with Gasteiger partial charge < -0.3 is 18.7 Å². The van der Waals surface area contributed by atoms with Gasteiger partial charge in [-0.25, -0.2) is 4.79 Å². The lowest BCUT2D eigenvalue weighted by Crippen LogP contribution is -2.28. The maximum absolute atomic E-state index is 11.8. The molecular weight excluding hydrogens is 311 g/mol. The molecule has 0 aromatic carbocycles. The van der Waals surface area contributed by atoms with Crippen LogP contribution in [0, 0.1) is 24.7 Å². The van der Waals surface area contributed by atoms with Crippen LogP contribution in [0.2, 0.25) is 0 Å². The Kier molecular flexibility index (Phi) is 11.9. The van der Waals surface area contributed by atoms with Gasteiger partial charge in [0.1, 0.15) is 0 Å². The average molecular weight is 330 g/mol. The minimum Gasteiger partial charge on any atom is -0.452 e. The Morgan fingerprint density at radius 1 is 1.18 bits per heavy atom. The van der Waals surface area contributed by atoms with Gasteiger partial charge in [-0.1, -0.05) is 11.8 Å². The highest BCUT2D eigenvalue weighted by molar-refractivity contribution is 7.39. The van der Waals surface area contributed by atoms with Crippen LogP contribution in [0.3, 0.4) is 0 Å². The van der Waals surface area contributed by atoms with Crippen LogP contribution < -0.4 is 0 Å². The topological polar surface area (TPSA) is 88.1 Å². The van der Waals surface area contributed by atoms with Crippen LogP contribution in [0.4, 0.5) is 0 Å². The molecule has 0 rings (SSSR count). The molecule has 0 spiro atoms. The van der Waals surface area contributed by atoms with E-state index in [1.54, 1.807) is 6.92 Å². The molecule has 0 aliphatic rings. The molecule has 0 saturated heterocycles. The van der Waals surface area contributed by atoms with E-state index in [4.69, 9.17) is 22.1 Å². The van der Waals surface area contributed by atoms with E-state index >= 15 is 0 Å². The Bertz CT molecular complexity index is 461. The Morgan fingerprint density at radius 2 is 1.82 bits per heavy atom. The van der Waals surface area contributed by atoms with Crippen molar-refractivity contribution in [2.45, 2.75) is 19.4 Å². The first-order chi connectivity index (χ1) is 10.5. The van der Waals surface area contributed by atoms with Crippen molar-refractivity contribution in [1.82, 2.24) is 0 Å². The minimum atomic E-state index is -2.57. The normalized spacial score (nSPS) is 12.5. The number of hydrogen-bond acceptors (Lipinski definition) is 7. The lowest BCUT2D eigenvalue weighted by atomic mass is 10.2. The number of carbonyl (C=O) groups excluding carboxylic acids is 2. The number of esters is 2. The summed E-state index contributed by atoms with van der Waals surface area (Å²) in [6.07, 6.45) is 8.23. The van der Waals surface area contributed by atoms with Gasteiger partial charge in [-0.3, -0.25) is 9.36 Å². The van der Waals surface area contributed by atoms with Crippen LogP contribution in [0.5, 0.6) is 0 Å². The molecule has 0 amide bonds. The Morgan fingerprint density at radius 3 is 2.41 bits per heavy atom. The predicted molar refractivity (Wildman–Crippen MR) is 79.4 cm³/mol. The van der Waals surface area contributed by atoms with Crippen molar-refractivity contribution in [1.29, 1.82) is 0 Å². The van der Waals surface area contributed by atoms with Crippen molar-refractivity contribution in [2.24, 2.45) is 0 Å². The van der Waals surface area contributed by atoms with E-state index in [1.165, 1.54) is 0 Å². The van der Waals surface area contributed by atoms with E-state index < -0.39 is 32.5 Å². The highest BCUT2D eigenvalue weighted by Gasteiger charge is 2.27. The molecule has 0 aliphatic heterocycles. The molecular formula is C14H19O7P. The van der Waals surface area contributed by atoms with Crippen LogP contribution in [-0.2, 0) is 32.9 Å². The fourth-order valence-electron chi connectivity index (χ4n) is 1.23. The van der Waals surface area contributed by atoms with E-state index in [2.05, 4.69) is 21.3 Å². The molecule has 2 atom stereocenters. The molecule has 7 nitrogen and oxygen atoms in total. The molecule has 0 heterocycles. The third-order valence-electron chi connectivity index (χ3n) is 2.16. The van der Waals surface area contributed by atoms with Crippen molar-refractivity contribution >= 4 is 20.0 Å². The summed E-state index contributed by atoms with van der Waals surface area (Å²) in [6.45, 7) is 1.98. The van der Waals surface area contributed by atoms with Gasteiger partial charge in [-0.2, -0.15) is 0 Å². The Labute approximate surface area is 130 Å². The molecule has 122 valence electrons. The van der Waals surface area contributed by atoms with E-state index in [0.29, 0.717) is 6.61 Å². The van der Waals surface area contributed by atoms with Crippen molar-refractivity contribution in [3.63, 3.8) is 0 Å². The summed E-state index contributed by atoms with van der Waals surface area (Å²) in [4.78, 5) is 23.2. The second-order valence-electron chi connectivity index (χ2n) is 3.81. The third kappa shape index (κ3) is 10.0. The molecule has 0 N–H and O–H groups in total. The van der Waals surface area contributed by atoms with Gasteiger partial charge in [0.2, 0.25) is 0 Å². The summed E-state index contributed by atoms with van der Waals surface area (Å²) in [5.41, 5.74) is 0. The third-order valence-corrected chi connectivity index (χ3v) is 3.32. The fourth-order valence-corrected chi connectivity index (χ4v) is 2.15. The molecule has 0 aliphatic carbocycles. The average Bonchev–Trinajstić information content (AvgIpc) is 2.50. The Hall–Kier alpha value is -1.79. The SMILES string of the molecule is C#CCOC(=O)CC(O[PH](=O)CCOCC)C(=O)OCC#C. The first-order valence-corrected chi connectivity index (χ1v) is 8.03. The van der Waals surface area contributed by atoms with Crippen molar-refractivity contribution in [2.75, 3.05) is 32.6 Å². The zero-order chi connectivity index (χ0) is 16.8. The maximum atomic E-state index is 11.8. The van der Waals surface area contributed by atoms with E-state index in [9.17, 15) is 14.2 Å². The second-order valence-corrected chi connectivity index (χ2v) is 5.29. The lowest BCUT2D eigenvalue weighted by Gasteiger charge is -2.15. The monoisotopic (exact) mass is 330 g/mol. The zero-order valence-corrected chi connectivity index (χ0v) is 13.3. The summed E-state index contributed by atoms with van der Waals surface area (Å²) in [5.74, 6) is 2.57. The highest BCUT2D eigenvalue weighted by atomic mass is 31.1. The highest BCUT2D eigenvalue weighted by Crippen LogP contribution is 2.26. The molecule has 0 bridgehead atoms. The number of carbonyl (C=O) groups is 2. The molecule has 22 heavy (non-hydrogen) atoms.